The van der Waals surface area contributed by atoms with E-state index in [0.717, 1.165) is 66.6 Å². The average molecular weight is 528 g/mol. The molecule has 1 aromatic carbocycles. The summed E-state index contributed by atoms with van der Waals surface area (Å²) < 4.78 is 1.70. The number of fused-ring (bicyclic) bond motifs is 1. The second-order valence-electron chi connectivity index (χ2n) is 11.9. The summed E-state index contributed by atoms with van der Waals surface area (Å²) in [6.07, 6.45) is 7.81. The first kappa shape index (κ1) is 25.6. The molecule has 3 aromatic rings. The lowest BCUT2D eigenvalue weighted by molar-refractivity contribution is -0.119. The summed E-state index contributed by atoms with van der Waals surface area (Å²) in [5.74, 6) is 0.756. The highest BCUT2D eigenvalue weighted by Crippen LogP contribution is 2.51. The first-order valence-corrected chi connectivity index (χ1v) is 14.3. The molecule has 8 nitrogen and oxygen atoms in total. The summed E-state index contributed by atoms with van der Waals surface area (Å²) in [6.45, 7) is 5.85. The number of aromatic amines is 1. The topological polar surface area (TPSA) is 109 Å². The number of nitrogens with one attached hydrogen (secondary N) is 3. The minimum absolute atomic E-state index is 0.0335. The average Bonchev–Trinajstić information content (AvgIpc) is 3.82. The van der Waals surface area contributed by atoms with Gasteiger partial charge in [-0.3, -0.25) is 19.1 Å². The van der Waals surface area contributed by atoms with E-state index in [1.54, 1.807) is 16.9 Å². The number of hydrogen-bond acceptors (Lipinski definition) is 4. The van der Waals surface area contributed by atoms with Crippen LogP contribution in [0.4, 0.5) is 5.69 Å². The fourth-order valence-electron chi connectivity index (χ4n) is 6.44. The van der Waals surface area contributed by atoms with Crippen molar-refractivity contribution < 1.29 is 9.59 Å². The second-order valence-corrected chi connectivity index (χ2v) is 11.9. The van der Waals surface area contributed by atoms with E-state index >= 15 is 0 Å². The number of anilines is 1. The minimum Gasteiger partial charge on any atom is -0.339 e. The molecule has 2 heterocycles. The molecular formula is C31H37N5O3. The van der Waals surface area contributed by atoms with Crippen LogP contribution in [0.15, 0.2) is 47.4 Å². The van der Waals surface area contributed by atoms with Gasteiger partial charge in [-0.1, -0.05) is 12.1 Å². The molecule has 2 amide bonds. The van der Waals surface area contributed by atoms with Crippen LogP contribution in [0.2, 0.25) is 0 Å². The van der Waals surface area contributed by atoms with Crippen LogP contribution < -0.4 is 16.2 Å². The van der Waals surface area contributed by atoms with Crippen LogP contribution in [0.1, 0.15) is 90.8 Å². The lowest BCUT2D eigenvalue weighted by Gasteiger charge is -2.28. The predicted octanol–water partition coefficient (Wildman–Crippen LogP) is 4.71. The van der Waals surface area contributed by atoms with E-state index in [4.69, 9.17) is 0 Å². The summed E-state index contributed by atoms with van der Waals surface area (Å²) in [5, 5.41) is 10.6. The number of rotatable bonds is 9. The molecule has 0 aliphatic heterocycles. The van der Waals surface area contributed by atoms with Gasteiger partial charge in [0.15, 0.2) is 0 Å². The summed E-state index contributed by atoms with van der Waals surface area (Å²) in [5.41, 5.74) is 5.11. The van der Waals surface area contributed by atoms with Crippen LogP contribution >= 0.6 is 0 Å². The zero-order valence-corrected chi connectivity index (χ0v) is 22.9. The molecule has 39 heavy (non-hydrogen) atoms. The molecule has 2 aromatic heterocycles. The maximum absolute atomic E-state index is 13.8. The van der Waals surface area contributed by atoms with Crippen molar-refractivity contribution in [3.63, 3.8) is 0 Å². The van der Waals surface area contributed by atoms with Gasteiger partial charge in [-0.25, -0.2) is 0 Å². The quantitative estimate of drug-likeness (QED) is 0.374. The number of H-pyrrole nitrogens is 1. The van der Waals surface area contributed by atoms with Crippen LogP contribution in [0.3, 0.4) is 0 Å². The van der Waals surface area contributed by atoms with Crippen molar-refractivity contribution in [3.05, 3.63) is 81.0 Å². The number of aromatic nitrogens is 3. The van der Waals surface area contributed by atoms with Gasteiger partial charge >= 0.3 is 0 Å². The largest absolute Gasteiger partial charge is 0.339 e. The SMILES string of the molecule is Cc1ccc(C2CCc3cc(NC(=O)[C@@H](NC(=O)c4ccnn4C(C)C)C(C4CC4)C4CC4)ccc32)c(=O)[nH]1. The Bertz CT molecular complexity index is 1450. The van der Waals surface area contributed by atoms with Crippen LogP contribution in [-0.2, 0) is 11.2 Å². The predicted molar refractivity (Wildman–Crippen MR) is 150 cm³/mol. The van der Waals surface area contributed by atoms with Gasteiger partial charge in [0.2, 0.25) is 5.91 Å². The molecule has 6 rings (SSSR count). The summed E-state index contributed by atoms with van der Waals surface area (Å²) >= 11 is 0. The van der Waals surface area contributed by atoms with Crippen LogP contribution in [0.5, 0.6) is 0 Å². The standard InChI is InChI=1S/C31H37N5O3/c1-17(2)36-26(14-15-32-36)30(38)35-28(27(19-5-6-19)20-7-8-20)31(39)34-22-10-13-23-21(16-22)9-12-24(23)25-11-4-18(3)33-29(25)37/h4,10-11,13-17,19-20,24,27-28H,5-9,12H2,1-3H3,(H,33,37)(H,34,39)(H,35,38)/t24?,28-/m0/s1. The van der Waals surface area contributed by atoms with Crippen LogP contribution in [0.25, 0.3) is 0 Å². The highest BCUT2D eigenvalue weighted by Gasteiger charge is 2.48. The molecule has 3 N–H and O–H groups in total. The van der Waals surface area contributed by atoms with Crippen molar-refractivity contribution in [1.82, 2.24) is 20.1 Å². The van der Waals surface area contributed by atoms with Crippen molar-refractivity contribution in [1.29, 1.82) is 0 Å². The van der Waals surface area contributed by atoms with E-state index in [1.807, 2.05) is 51.1 Å². The van der Waals surface area contributed by atoms with E-state index in [-0.39, 0.29) is 35.3 Å². The molecule has 8 heteroatoms. The van der Waals surface area contributed by atoms with Gasteiger partial charge < -0.3 is 15.6 Å². The van der Waals surface area contributed by atoms with Crippen LogP contribution in [0, 0.1) is 24.7 Å². The Kier molecular flexibility index (Phi) is 6.65. The maximum Gasteiger partial charge on any atom is 0.270 e. The van der Waals surface area contributed by atoms with E-state index in [2.05, 4.69) is 20.7 Å². The van der Waals surface area contributed by atoms with Gasteiger partial charge in [0.25, 0.3) is 11.5 Å². The lowest BCUT2D eigenvalue weighted by Crippen LogP contribution is -2.50. The number of nitrogens with zero attached hydrogens (tertiary/aromatic N) is 2. The summed E-state index contributed by atoms with van der Waals surface area (Å²) in [7, 11) is 0. The maximum atomic E-state index is 13.8. The molecule has 3 aliphatic carbocycles. The highest BCUT2D eigenvalue weighted by molar-refractivity contribution is 6.01. The van der Waals surface area contributed by atoms with Crippen molar-refractivity contribution in [2.45, 2.75) is 77.3 Å². The van der Waals surface area contributed by atoms with Crippen molar-refractivity contribution in [2.75, 3.05) is 5.32 Å². The molecule has 2 atom stereocenters. The minimum atomic E-state index is -0.597. The number of carbonyl (C=O) groups is 2. The van der Waals surface area contributed by atoms with E-state index < -0.39 is 6.04 Å². The first-order chi connectivity index (χ1) is 18.8. The summed E-state index contributed by atoms with van der Waals surface area (Å²) in [6, 6.07) is 11.0. The fraction of sp³-hybridized carbons (Fsp3) is 0.484. The third-order valence-electron chi connectivity index (χ3n) is 8.63. The number of amides is 2. The molecule has 0 spiro atoms. The van der Waals surface area contributed by atoms with Gasteiger partial charge in [0.1, 0.15) is 11.7 Å². The Morgan fingerprint density at radius 3 is 2.38 bits per heavy atom. The van der Waals surface area contributed by atoms with E-state index in [1.165, 1.54) is 0 Å². The third kappa shape index (κ3) is 5.16. The second kappa shape index (κ2) is 10.1. The lowest BCUT2D eigenvalue weighted by atomic mass is 9.88. The number of pyridine rings is 1. The highest BCUT2D eigenvalue weighted by atomic mass is 16.2. The Morgan fingerprint density at radius 2 is 1.72 bits per heavy atom. The number of hydrogen-bond donors (Lipinski definition) is 3. The number of benzene rings is 1. The Labute approximate surface area is 228 Å². The monoisotopic (exact) mass is 527 g/mol. The molecule has 0 radical (unpaired) electrons. The van der Waals surface area contributed by atoms with Crippen molar-refractivity contribution in [2.24, 2.45) is 17.8 Å². The Morgan fingerprint density at radius 1 is 1.00 bits per heavy atom. The fourth-order valence-corrected chi connectivity index (χ4v) is 6.44. The van der Waals surface area contributed by atoms with Gasteiger partial charge in [0, 0.05) is 35.1 Å². The van der Waals surface area contributed by atoms with Crippen molar-refractivity contribution >= 4 is 17.5 Å². The molecule has 1 unspecified atom stereocenters. The first-order valence-electron chi connectivity index (χ1n) is 14.3. The zero-order valence-electron chi connectivity index (χ0n) is 22.9. The van der Waals surface area contributed by atoms with Crippen LogP contribution in [-0.4, -0.2) is 32.6 Å². The summed E-state index contributed by atoms with van der Waals surface area (Å²) in [4.78, 5) is 42.7. The third-order valence-corrected chi connectivity index (χ3v) is 8.63. The van der Waals surface area contributed by atoms with Gasteiger partial charge in [-0.05, 0) is 112 Å². The van der Waals surface area contributed by atoms with Gasteiger partial charge in [-0.15, -0.1) is 0 Å². The molecule has 2 saturated carbocycles. The zero-order chi connectivity index (χ0) is 27.3. The molecule has 3 aliphatic rings. The van der Waals surface area contributed by atoms with Crippen molar-refractivity contribution in [3.8, 4) is 0 Å². The Hall–Kier alpha value is -3.68. The van der Waals surface area contributed by atoms with Gasteiger partial charge in [0.05, 0.1) is 0 Å². The molecule has 0 bridgehead atoms. The smallest absolute Gasteiger partial charge is 0.270 e. The molecule has 204 valence electrons. The van der Waals surface area contributed by atoms with E-state index in [9.17, 15) is 14.4 Å². The normalized spacial score (nSPS) is 19.3. The molecule has 2 fully saturated rings. The molecule has 0 saturated heterocycles. The van der Waals surface area contributed by atoms with E-state index in [0.29, 0.717) is 17.5 Å². The number of aryl methyl sites for hydroxylation is 2. The molecular weight excluding hydrogens is 490 g/mol. The Balaban J connectivity index is 1.23. The number of carbonyl (C=O) groups excluding carboxylic acids is 2. The van der Waals surface area contributed by atoms with Gasteiger partial charge in [-0.2, -0.15) is 5.10 Å².